The second-order valence-corrected chi connectivity index (χ2v) is 20.2. The molecule has 0 amide bonds. The van der Waals surface area contributed by atoms with Crippen LogP contribution in [0.2, 0.25) is 0 Å². The number of hydrogen-bond donors (Lipinski definition) is 0. The van der Waals surface area contributed by atoms with E-state index in [1.807, 2.05) is 12.3 Å². The van der Waals surface area contributed by atoms with E-state index in [0.717, 1.165) is 45.1 Å². The van der Waals surface area contributed by atoms with Gasteiger partial charge in [0.1, 0.15) is 5.82 Å². The maximum Gasteiger partial charge on any atom is 0.128 e. The van der Waals surface area contributed by atoms with E-state index >= 15 is 0 Å². The molecule has 4 aliphatic heterocycles. The van der Waals surface area contributed by atoms with E-state index in [-0.39, 0.29) is 5.54 Å². The van der Waals surface area contributed by atoms with Crippen LogP contribution >= 0.6 is 0 Å². The third-order valence-corrected chi connectivity index (χ3v) is 11.9. The lowest BCUT2D eigenvalue weighted by molar-refractivity contribution is 0.0491. The van der Waals surface area contributed by atoms with E-state index < -0.39 is 0 Å². The third-order valence-electron chi connectivity index (χ3n) is 11.9. The van der Waals surface area contributed by atoms with Gasteiger partial charge in [0.05, 0.1) is 6.61 Å². The summed E-state index contributed by atoms with van der Waals surface area (Å²) in [4.78, 5) is 24.5. The Balaban J connectivity index is 0.000000255. The Kier molecular flexibility index (Phi) is 21.1. The van der Waals surface area contributed by atoms with Gasteiger partial charge in [-0.3, -0.25) is 29.4 Å². The summed E-state index contributed by atoms with van der Waals surface area (Å²) in [5.74, 6) is 1.11. The largest absolute Gasteiger partial charge is 0.383 e. The lowest BCUT2D eigenvalue weighted by Gasteiger charge is -2.43. The fourth-order valence-electron chi connectivity index (χ4n) is 7.65. The summed E-state index contributed by atoms with van der Waals surface area (Å²) < 4.78 is 5.08. The molecule has 10 heteroatoms. The van der Waals surface area contributed by atoms with Crippen molar-refractivity contribution >= 4 is 5.82 Å². The highest BCUT2D eigenvalue weighted by atomic mass is 16.5. The van der Waals surface area contributed by atoms with Gasteiger partial charge in [0.2, 0.25) is 0 Å². The lowest BCUT2D eigenvalue weighted by Crippen LogP contribution is -2.54. The van der Waals surface area contributed by atoms with Crippen LogP contribution in [0.4, 0.5) is 5.82 Å². The predicted octanol–water partition coefficient (Wildman–Crippen LogP) is 6.28. The number of aromatic nitrogens is 1. The molecule has 4 fully saturated rings. The van der Waals surface area contributed by atoms with Gasteiger partial charge in [-0.2, -0.15) is 0 Å². The SMILES string of the molecule is CC(C)(C)N1CCN(c2ccccn2)CC1.CC(C)N1CCN(C(C)(C)C)CC1.CCN1CCN(C(C)(C)C)CC1.COCCN1CCN(C(C)(C)C)CC1. The molecule has 55 heavy (non-hydrogen) atoms. The number of rotatable bonds is 6. The zero-order chi connectivity index (χ0) is 41.5. The molecule has 322 valence electrons. The topological polar surface area (TPSA) is 48.0 Å². The number of piperazine rings is 4. The highest BCUT2D eigenvalue weighted by Gasteiger charge is 2.28. The minimum Gasteiger partial charge on any atom is -0.383 e. The molecule has 0 spiro atoms. The molecule has 10 nitrogen and oxygen atoms in total. The summed E-state index contributed by atoms with van der Waals surface area (Å²) in [6.45, 7) is 56.5. The molecule has 5 rings (SSSR count). The van der Waals surface area contributed by atoms with Crippen LogP contribution in [0.1, 0.15) is 104 Å². The summed E-state index contributed by atoms with van der Waals surface area (Å²) in [6, 6.07) is 6.82. The van der Waals surface area contributed by atoms with Crippen LogP contribution in [0.25, 0.3) is 0 Å². The van der Waals surface area contributed by atoms with E-state index in [2.05, 4.69) is 160 Å². The zero-order valence-electron chi connectivity index (χ0n) is 39.3. The summed E-state index contributed by atoms with van der Waals surface area (Å²) >= 11 is 0. The standard InChI is InChI=1S/C13H21N3.C11H24N2O.C11H24N2.C10H22N2/c1-13(2,3)16-10-8-15(9-11-16)12-6-4-5-7-14-12;1-11(2,3)13-7-5-12(6-8-13)9-10-14-4;1-10(2)12-6-8-13(9-7-12)11(3,4)5;1-5-11-6-8-12(9-7-11)10(2,3)4/h4-7H,8-11H2,1-3H3;5-10H2,1-4H3;10H,6-9H2,1-5H3;5-9H2,1-4H3. The molecule has 0 N–H and O–H groups in total. The summed E-state index contributed by atoms with van der Waals surface area (Å²) in [5, 5.41) is 0. The van der Waals surface area contributed by atoms with Crippen molar-refractivity contribution in [2.75, 3.05) is 136 Å². The fraction of sp³-hybridized carbons (Fsp3) is 0.889. The maximum atomic E-state index is 5.08. The van der Waals surface area contributed by atoms with Crippen molar-refractivity contribution in [3.05, 3.63) is 24.4 Å². The highest BCUT2D eigenvalue weighted by Crippen LogP contribution is 2.20. The Bertz CT molecular complexity index is 1110. The summed E-state index contributed by atoms with van der Waals surface area (Å²) in [6.07, 6.45) is 1.87. The van der Waals surface area contributed by atoms with Crippen molar-refractivity contribution in [2.45, 2.75) is 132 Å². The fourth-order valence-corrected chi connectivity index (χ4v) is 7.65. The summed E-state index contributed by atoms with van der Waals surface area (Å²) in [5.41, 5.74) is 1.33. The van der Waals surface area contributed by atoms with Gasteiger partial charge in [-0.15, -0.1) is 0 Å². The van der Waals surface area contributed by atoms with Crippen LogP contribution in [0, 0.1) is 0 Å². The Morgan fingerprint density at radius 3 is 1.25 bits per heavy atom. The maximum absolute atomic E-state index is 5.08. The van der Waals surface area contributed by atoms with E-state index in [1.54, 1.807) is 7.11 Å². The molecule has 1 aromatic heterocycles. The molecule has 5 heterocycles. The third kappa shape index (κ3) is 18.8. The Labute approximate surface area is 341 Å². The molecule has 0 radical (unpaired) electrons. The average Bonchev–Trinajstić information content (AvgIpc) is 3.14. The minimum absolute atomic E-state index is 0.288. The molecule has 0 aromatic carbocycles. The molecule has 4 saturated heterocycles. The Hall–Kier alpha value is -1.37. The first-order valence-corrected chi connectivity index (χ1v) is 21.9. The van der Waals surface area contributed by atoms with Gasteiger partial charge in [-0.05, 0) is 116 Å². The average molecular weight is 774 g/mol. The van der Waals surface area contributed by atoms with Gasteiger partial charge < -0.3 is 14.5 Å². The molecule has 4 aliphatic rings. The van der Waals surface area contributed by atoms with Crippen LogP contribution in [0.5, 0.6) is 0 Å². The van der Waals surface area contributed by atoms with Crippen molar-refractivity contribution in [2.24, 2.45) is 0 Å². The number of ether oxygens (including phenoxy) is 1. The quantitative estimate of drug-likeness (QED) is 0.330. The molecule has 0 atom stereocenters. The number of pyridine rings is 1. The van der Waals surface area contributed by atoms with Crippen LogP contribution in [-0.2, 0) is 4.74 Å². The normalized spacial score (nSPS) is 21.3. The summed E-state index contributed by atoms with van der Waals surface area (Å²) in [7, 11) is 1.77. The van der Waals surface area contributed by atoms with Crippen LogP contribution in [-0.4, -0.2) is 199 Å². The number of anilines is 1. The van der Waals surface area contributed by atoms with Crippen molar-refractivity contribution in [1.29, 1.82) is 0 Å². The van der Waals surface area contributed by atoms with Gasteiger partial charge in [0.15, 0.2) is 0 Å². The van der Waals surface area contributed by atoms with Crippen LogP contribution in [0.15, 0.2) is 24.4 Å². The first-order chi connectivity index (χ1) is 25.6. The van der Waals surface area contributed by atoms with E-state index in [1.165, 1.54) is 85.1 Å². The molecule has 1 aromatic rings. The number of hydrogen-bond acceptors (Lipinski definition) is 10. The number of likely N-dealkylation sites (N-methyl/N-ethyl adjacent to an activating group) is 1. The van der Waals surface area contributed by atoms with E-state index in [4.69, 9.17) is 4.74 Å². The van der Waals surface area contributed by atoms with Crippen molar-refractivity contribution in [3.8, 4) is 0 Å². The van der Waals surface area contributed by atoms with Crippen LogP contribution in [0.3, 0.4) is 0 Å². The van der Waals surface area contributed by atoms with Crippen molar-refractivity contribution in [1.82, 2.24) is 39.3 Å². The molecule has 0 bridgehead atoms. The lowest BCUT2D eigenvalue weighted by atomic mass is 10.0. The predicted molar refractivity (Wildman–Crippen MR) is 239 cm³/mol. The van der Waals surface area contributed by atoms with Gasteiger partial charge in [-0.25, -0.2) is 4.98 Å². The van der Waals surface area contributed by atoms with Gasteiger partial charge in [-0.1, -0.05) is 13.0 Å². The van der Waals surface area contributed by atoms with Crippen molar-refractivity contribution in [3.63, 3.8) is 0 Å². The first kappa shape index (κ1) is 49.8. The molecule has 0 saturated carbocycles. The molecule has 0 unspecified atom stereocenters. The smallest absolute Gasteiger partial charge is 0.128 e. The Morgan fingerprint density at radius 2 is 0.927 bits per heavy atom. The minimum atomic E-state index is 0.288. The van der Waals surface area contributed by atoms with E-state index in [9.17, 15) is 0 Å². The van der Waals surface area contributed by atoms with Gasteiger partial charge in [0.25, 0.3) is 0 Å². The number of nitrogens with zero attached hydrogens (tertiary/aromatic N) is 9. The van der Waals surface area contributed by atoms with Gasteiger partial charge >= 0.3 is 0 Å². The Morgan fingerprint density at radius 1 is 0.545 bits per heavy atom. The van der Waals surface area contributed by atoms with E-state index in [0.29, 0.717) is 22.7 Å². The second kappa shape index (κ2) is 23.3. The molecular weight excluding hydrogens is 683 g/mol. The number of methoxy groups -OCH3 is 1. The second-order valence-electron chi connectivity index (χ2n) is 20.2. The first-order valence-electron chi connectivity index (χ1n) is 21.9. The van der Waals surface area contributed by atoms with Crippen molar-refractivity contribution < 1.29 is 4.74 Å². The highest BCUT2D eigenvalue weighted by molar-refractivity contribution is 5.38. The zero-order valence-corrected chi connectivity index (χ0v) is 39.3. The monoisotopic (exact) mass is 774 g/mol. The van der Waals surface area contributed by atoms with Crippen LogP contribution < -0.4 is 4.90 Å². The molecular formula is C45H91N9O. The molecule has 0 aliphatic carbocycles. The van der Waals surface area contributed by atoms with Gasteiger partial charge in [0, 0.05) is 153 Å².